The molecule has 4 aromatic rings. The summed E-state index contributed by atoms with van der Waals surface area (Å²) >= 11 is 3.05. The third-order valence-corrected chi connectivity index (χ3v) is 22.2. The highest BCUT2D eigenvalue weighted by atomic mass is 79.9. The molecule has 0 saturated carbocycles. The average molecular weight is 786 g/mol. The number of rotatable bonds is 10. The van der Waals surface area contributed by atoms with Gasteiger partial charge in [-0.15, -0.1) is 0 Å². The summed E-state index contributed by atoms with van der Waals surface area (Å²) in [7, 11) is -11.3. The Bertz CT molecular complexity index is 1740. The maximum absolute atomic E-state index is 17.5. The van der Waals surface area contributed by atoms with Crippen molar-refractivity contribution >= 4 is 63.1 Å². The van der Waals surface area contributed by atoms with Gasteiger partial charge in [-0.2, -0.15) is 0 Å². The molecule has 0 bridgehead atoms. The monoisotopic (exact) mass is 784 g/mol. The number of halogens is 2. The second-order valence-electron chi connectivity index (χ2n) is 14.8. The number of benzene rings is 4. The Morgan fingerprint density at radius 1 is 0.714 bits per heavy atom. The van der Waals surface area contributed by atoms with Crippen LogP contribution in [0.5, 0.6) is 0 Å². The molecule has 1 N–H and O–H groups in total. The van der Waals surface area contributed by atoms with Crippen molar-refractivity contribution < 1.29 is 31.5 Å². The van der Waals surface area contributed by atoms with Gasteiger partial charge in [-0.3, -0.25) is 0 Å². The van der Waals surface area contributed by atoms with Crippen molar-refractivity contribution in [3.8, 4) is 0 Å². The number of hydrogen-bond donors (Lipinski definition) is 1. The van der Waals surface area contributed by atoms with Crippen LogP contribution in [0.1, 0.15) is 41.5 Å². The lowest BCUT2D eigenvalue weighted by molar-refractivity contribution is -0.160. The molecule has 0 aliphatic carbocycles. The van der Waals surface area contributed by atoms with E-state index >= 15 is 4.39 Å². The molecule has 0 spiro atoms. The van der Waals surface area contributed by atoms with Crippen molar-refractivity contribution in [2.24, 2.45) is 0 Å². The minimum absolute atomic E-state index is 0.259. The Morgan fingerprint density at radius 3 is 1.35 bits per heavy atom. The number of sulfone groups is 1. The standard InChI is InChI=1S/C38H46BrFO6SSi2/c1-35(2,3)48(29-20-12-8-13-21-29,30-22-14-9-15-23-30)44-28-33-34(37(39,40)38(41,45-33)47(7,42)43)46-49(36(4,5)6,31-24-16-10-17-25-31)32-26-18-11-19-27-32/h8-27,33-34,41H,28H2,1-7H3/t33-,34-,37-,38?/m1/s1. The van der Waals surface area contributed by atoms with Gasteiger partial charge in [0.05, 0.1) is 6.61 Å². The van der Waals surface area contributed by atoms with Gasteiger partial charge in [0.25, 0.3) is 21.2 Å². The van der Waals surface area contributed by atoms with Crippen molar-refractivity contribution in [2.75, 3.05) is 12.9 Å². The van der Waals surface area contributed by atoms with E-state index < -0.39 is 58.5 Å². The summed E-state index contributed by atoms with van der Waals surface area (Å²) in [6, 6.07) is 39.2. The highest BCUT2D eigenvalue weighted by Gasteiger charge is 2.74. The molecule has 1 heterocycles. The highest BCUT2D eigenvalue weighted by molar-refractivity contribution is 9.10. The Kier molecular flexibility index (Phi) is 10.5. The second-order valence-corrected chi connectivity index (χ2v) is 26.6. The number of aliphatic hydroxyl groups is 1. The molecule has 1 unspecified atom stereocenters. The number of ether oxygens (including phenoxy) is 1. The zero-order chi connectivity index (χ0) is 35.9. The lowest BCUT2D eigenvalue weighted by atomic mass is 10.1. The number of hydrogen-bond acceptors (Lipinski definition) is 6. The SMILES string of the molecule is CC(C)(C)[Si](OC[C@H]1OC(O)(S(C)(=O)=O)[C@@](F)(Br)[C@@H]1O[Si](c1ccccc1)(c1ccccc1)C(C)(C)C)(c1ccccc1)c1ccccc1. The predicted molar refractivity (Wildman–Crippen MR) is 203 cm³/mol. The van der Waals surface area contributed by atoms with Crippen LogP contribution in [0.2, 0.25) is 10.1 Å². The first-order valence-corrected chi connectivity index (χ1v) is 22.8. The molecule has 4 aromatic carbocycles. The van der Waals surface area contributed by atoms with E-state index in [4.69, 9.17) is 13.6 Å². The fourth-order valence-corrected chi connectivity index (χ4v) is 18.9. The van der Waals surface area contributed by atoms with Gasteiger partial charge in [0.2, 0.25) is 9.84 Å². The summed E-state index contributed by atoms with van der Waals surface area (Å²) in [5.41, 5.74) is 0. The van der Waals surface area contributed by atoms with Gasteiger partial charge in [0.1, 0.15) is 12.2 Å². The van der Waals surface area contributed by atoms with Gasteiger partial charge in [0, 0.05) is 6.26 Å². The van der Waals surface area contributed by atoms with Gasteiger partial charge in [-0.1, -0.05) is 163 Å². The Labute approximate surface area is 301 Å². The first-order chi connectivity index (χ1) is 22.8. The fourth-order valence-electron chi connectivity index (χ4n) is 7.22. The van der Waals surface area contributed by atoms with Gasteiger partial charge in [0.15, 0.2) is 0 Å². The summed E-state index contributed by atoms with van der Waals surface area (Å²) in [6.45, 7) is 12.2. The van der Waals surface area contributed by atoms with E-state index in [1.54, 1.807) is 0 Å². The molecule has 11 heteroatoms. The molecule has 1 aliphatic rings. The Balaban J connectivity index is 1.72. The van der Waals surface area contributed by atoms with Crippen LogP contribution in [0.4, 0.5) is 4.39 Å². The average Bonchev–Trinajstić information content (AvgIpc) is 3.25. The van der Waals surface area contributed by atoms with E-state index in [0.717, 1.165) is 27.0 Å². The van der Waals surface area contributed by atoms with Crippen LogP contribution in [-0.2, 0) is 23.4 Å². The number of alkyl halides is 2. The minimum atomic E-state index is -4.58. The maximum Gasteiger partial charge on any atom is 0.319 e. The zero-order valence-electron chi connectivity index (χ0n) is 29.1. The van der Waals surface area contributed by atoms with E-state index in [9.17, 15) is 13.5 Å². The lowest BCUT2D eigenvalue weighted by Crippen LogP contribution is -2.70. The molecule has 0 aromatic heterocycles. The summed E-state index contributed by atoms with van der Waals surface area (Å²) in [5, 5.41) is 11.1. The molecular weight excluding hydrogens is 740 g/mol. The van der Waals surface area contributed by atoms with Gasteiger partial charge >= 0.3 is 5.12 Å². The Morgan fingerprint density at radius 2 is 1.04 bits per heavy atom. The molecular formula is C38H46BrFO6SSi2. The lowest BCUT2D eigenvalue weighted by Gasteiger charge is -2.47. The van der Waals surface area contributed by atoms with Crippen LogP contribution >= 0.6 is 15.9 Å². The first kappa shape index (κ1) is 37.8. The Hall–Kier alpha value is -2.49. The molecule has 0 amide bonds. The van der Waals surface area contributed by atoms with Crippen LogP contribution in [0.3, 0.4) is 0 Å². The first-order valence-electron chi connectivity index (χ1n) is 16.3. The van der Waals surface area contributed by atoms with Gasteiger partial charge < -0.3 is 18.7 Å². The van der Waals surface area contributed by atoms with E-state index in [-0.39, 0.29) is 6.61 Å². The van der Waals surface area contributed by atoms with Gasteiger partial charge in [-0.05, 0) is 46.8 Å². The van der Waals surface area contributed by atoms with Crippen LogP contribution in [0, 0.1) is 0 Å². The van der Waals surface area contributed by atoms with E-state index in [0.29, 0.717) is 0 Å². The van der Waals surface area contributed by atoms with E-state index in [1.807, 2.05) is 142 Å². The molecule has 5 rings (SSSR count). The maximum atomic E-state index is 17.5. The van der Waals surface area contributed by atoms with Crippen molar-refractivity contribution in [3.05, 3.63) is 121 Å². The summed E-state index contributed by atoms with van der Waals surface area (Å²) < 4.78 is 61.3. The zero-order valence-corrected chi connectivity index (χ0v) is 33.5. The van der Waals surface area contributed by atoms with Crippen LogP contribution in [-0.4, -0.2) is 64.9 Å². The highest BCUT2D eigenvalue weighted by Crippen LogP contribution is 2.53. The molecule has 0 radical (unpaired) electrons. The van der Waals surface area contributed by atoms with E-state index in [2.05, 4.69) is 36.7 Å². The van der Waals surface area contributed by atoms with Crippen LogP contribution < -0.4 is 20.7 Å². The van der Waals surface area contributed by atoms with Crippen LogP contribution in [0.25, 0.3) is 0 Å². The largest absolute Gasteiger partial charge is 0.405 e. The predicted octanol–water partition coefficient (Wildman–Crippen LogP) is 5.66. The van der Waals surface area contributed by atoms with Crippen LogP contribution in [0.15, 0.2) is 121 Å². The normalized spacial score (nSPS) is 23.8. The van der Waals surface area contributed by atoms with Crippen molar-refractivity contribution in [1.29, 1.82) is 0 Å². The van der Waals surface area contributed by atoms with Crippen molar-refractivity contribution in [3.63, 3.8) is 0 Å². The topological polar surface area (TPSA) is 82.1 Å². The molecule has 4 atom stereocenters. The smallest absolute Gasteiger partial charge is 0.319 e. The molecule has 1 fully saturated rings. The summed E-state index contributed by atoms with van der Waals surface area (Å²) in [6.07, 6.45) is -2.20. The molecule has 6 nitrogen and oxygen atoms in total. The van der Waals surface area contributed by atoms with Gasteiger partial charge in [-0.25, -0.2) is 12.8 Å². The quantitative estimate of drug-likeness (QED) is 0.165. The minimum Gasteiger partial charge on any atom is -0.405 e. The summed E-state index contributed by atoms with van der Waals surface area (Å²) in [5.74, 6) is 0. The molecule has 1 aliphatic heterocycles. The molecule has 262 valence electrons. The fraction of sp³-hybridized carbons (Fsp3) is 0.368. The third-order valence-electron chi connectivity index (χ3n) is 9.53. The van der Waals surface area contributed by atoms with Crippen molar-refractivity contribution in [1.82, 2.24) is 0 Å². The third kappa shape index (κ3) is 6.46. The van der Waals surface area contributed by atoms with E-state index in [1.165, 1.54) is 0 Å². The summed E-state index contributed by atoms with van der Waals surface area (Å²) in [4.78, 5) is 0. The second kappa shape index (κ2) is 13.6. The molecule has 1 saturated heterocycles. The van der Waals surface area contributed by atoms with Crippen molar-refractivity contribution in [2.45, 2.75) is 73.5 Å². The molecule has 49 heavy (non-hydrogen) atoms.